The molecule has 1 amide bonds. The van der Waals surface area contributed by atoms with E-state index >= 15 is 0 Å². The minimum absolute atomic E-state index is 0.00217. The number of amides is 1. The molecule has 0 aromatic heterocycles. The third-order valence-corrected chi connectivity index (χ3v) is 5.11. The summed E-state index contributed by atoms with van der Waals surface area (Å²) >= 11 is 0. The van der Waals surface area contributed by atoms with E-state index in [1.165, 1.54) is 0 Å². The second-order valence-corrected chi connectivity index (χ2v) is 6.97. The summed E-state index contributed by atoms with van der Waals surface area (Å²) < 4.78 is 31.9. The number of methoxy groups -OCH3 is 1. The van der Waals surface area contributed by atoms with E-state index in [-0.39, 0.29) is 17.5 Å². The number of ether oxygens (including phenoxy) is 1. The summed E-state index contributed by atoms with van der Waals surface area (Å²) in [5.74, 6) is -0.966. The maximum absolute atomic E-state index is 13.3. The highest BCUT2D eigenvalue weighted by molar-refractivity contribution is 5.94. The molecule has 1 heterocycles. The lowest BCUT2D eigenvalue weighted by molar-refractivity contribution is 0.0890. The highest BCUT2D eigenvalue weighted by Crippen LogP contribution is 2.35. The number of hydrogen-bond acceptors (Lipinski definition) is 3. The highest BCUT2D eigenvalue weighted by atomic mass is 19.1. The molecular weight excluding hydrogens is 350 g/mol. The SMILES string of the molecule is COc1ccc(C2C(CNC(=O)c3cc(F)cc(F)c3)CCCN2C)cc1. The number of hydrogen-bond donors (Lipinski definition) is 1. The van der Waals surface area contributed by atoms with Crippen molar-refractivity contribution in [2.45, 2.75) is 18.9 Å². The van der Waals surface area contributed by atoms with E-state index in [4.69, 9.17) is 4.74 Å². The molecule has 0 saturated carbocycles. The zero-order valence-electron chi connectivity index (χ0n) is 15.5. The summed E-state index contributed by atoms with van der Waals surface area (Å²) in [6.45, 7) is 1.42. The second kappa shape index (κ2) is 8.48. The van der Waals surface area contributed by atoms with Crippen molar-refractivity contribution in [1.29, 1.82) is 0 Å². The normalized spacial score (nSPS) is 20.3. The number of carbonyl (C=O) groups is 1. The second-order valence-electron chi connectivity index (χ2n) is 6.97. The monoisotopic (exact) mass is 374 g/mol. The number of halogens is 2. The van der Waals surface area contributed by atoms with Crippen LogP contribution in [-0.2, 0) is 0 Å². The van der Waals surface area contributed by atoms with Gasteiger partial charge in [-0.1, -0.05) is 12.1 Å². The fraction of sp³-hybridized carbons (Fsp3) is 0.381. The third-order valence-electron chi connectivity index (χ3n) is 5.11. The van der Waals surface area contributed by atoms with Gasteiger partial charge in [0.1, 0.15) is 17.4 Å². The highest BCUT2D eigenvalue weighted by Gasteiger charge is 2.30. The molecule has 0 spiro atoms. The Bertz CT molecular complexity index is 775. The summed E-state index contributed by atoms with van der Waals surface area (Å²) in [6.07, 6.45) is 2.01. The van der Waals surface area contributed by atoms with Gasteiger partial charge < -0.3 is 10.1 Å². The van der Waals surface area contributed by atoms with Gasteiger partial charge in [-0.25, -0.2) is 8.78 Å². The number of carbonyl (C=O) groups excluding carboxylic acids is 1. The summed E-state index contributed by atoms with van der Waals surface area (Å²) in [4.78, 5) is 14.6. The van der Waals surface area contributed by atoms with E-state index in [9.17, 15) is 13.6 Å². The fourth-order valence-electron chi connectivity index (χ4n) is 3.81. The quantitative estimate of drug-likeness (QED) is 0.866. The van der Waals surface area contributed by atoms with Gasteiger partial charge in [0.25, 0.3) is 5.91 Å². The molecule has 4 nitrogen and oxygen atoms in total. The molecule has 3 rings (SSSR count). The van der Waals surface area contributed by atoms with E-state index in [2.05, 4.69) is 17.3 Å². The predicted molar refractivity (Wildman–Crippen MR) is 99.8 cm³/mol. The van der Waals surface area contributed by atoms with Crippen LogP contribution in [0.1, 0.15) is 34.8 Å². The van der Waals surface area contributed by atoms with Crippen molar-refractivity contribution in [3.8, 4) is 5.75 Å². The van der Waals surface area contributed by atoms with Crippen LogP contribution >= 0.6 is 0 Å². The minimum Gasteiger partial charge on any atom is -0.497 e. The largest absolute Gasteiger partial charge is 0.497 e. The molecule has 2 aromatic rings. The number of likely N-dealkylation sites (tertiary alicyclic amines) is 1. The lowest BCUT2D eigenvalue weighted by Gasteiger charge is -2.39. The van der Waals surface area contributed by atoms with Gasteiger partial charge in [0, 0.05) is 24.2 Å². The van der Waals surface area contributed by atoms with Crippen LogP contribution in [-0.4, -0.2) is 38.1 Å². The van der Waals surface area contributed by atoms with Crippen LogP contribution in [0, 0.1) is 17.6 Å². The van der Waals surface area contributed by atoms with Crippen molar-refractivity contribution < 1.29 is 18.3 Å². The summed E-state index contributed by atoms with van der Waals surface area (Å²) in [6, 6.07) is 11.0. The minimum atomic E-state index is -0.756. The Morgan fingerprint density at radius 1 is 1.19 bits per heavy atom. The first-order valence-electron chi connectivity index (χ1n) is 9.06. The van der Waals surface area contributed by atoms with Crippen LogP contribution in [0.15, 0.2) is 42.5 Å². The first-order valence-corrected chi connectivity index (χ1v) is 9.06. The molecule has 6 heteroatoms. The molecule has 2 atom stereocenters. The first-order chi connectivity index (χ1) is 13.0. The van der Waals surface area contributed by atoms with Crippen molar-refractivity contribution in [2.24, 2.45) is 5.92 Å². The van der Waals surface area contributed by atoms with E-state index in [1.54, 1.807) is 7.11 Å². The molecule has 1 aliphatic heterocycles. The van der Waals surface area contributed by atoms with Gasteiger partial charge in [0.05, 0.1) is 7.11 Å². The lowest BCUT2D eigenvalue weighted by atomic mass is 9.85. The number of nitrogens with one attached hydrogen (secondary N) is 1. The van der Waals surface area contributed by atoms with Gasteiger partial charge >= 0.3 is 0 Å². The van der Waals surface area contributed by atoms with Crippen LogP contribution in [0.5, 0.6) is 5.75 Å². The van der Waals surface area contributed by atoms with Crippen LogP contribution in [0.2, 0.25) is 0 Å². The van der Waals surface area contributed by atoms with Gasteiger partial charge in [-0.2, -0.15) is 0 Å². The van der Waals surface area contributed by atoms with Gasteiger partial charge in [0.2, 0.25) is 0 Å². The number of nitrogens with zero attached hydrogens (tertiary/aromatic N) is 1. The molecule has 27 heavy (non-hydrogen) atoms. The van der Waals surface area contributed by atoms with Crippen molar-refractivity contribution in [1.82, 2.24) is 10.2 Å². The Morgan fingerprint density at radius 2 is 1.85 bits per heavy atom. The smallest absolute Gasteiger partial charge is 0.251 e. The molecule has 2 aromatic carbocycles. The Balaban J connectivity index is 1.71. The Morgan fingerprint density at radius 3 is 2.48 bits per heavy atom. The number of piperidine rings is 1. The molecule has 1 saturated heterocycles. The van der Waals surface area contributed by atoms with Crippen LogP contribution in [0.25, 0.3) is 0 Å². The lowest BCUT2D eigenvalue weighted by Crippen LogP contribution is -2.41. The average Bonchev–Trinajstić information content (AvgIpc) is 2.65. The van der Waals surface area contributed by atoms with E-state index in [0.717, 1.165) is 48.9 Å². The Labute approximate surface area is 158 Å². The van der Waals surface area contributed by atoms with Crippen molar-refractivity contribution in [2.75, 3.05) is 27.2 Å². The molecule has 0 aliphatic carbocycles. The third kappa shape index (κ3) is 4.63. The predicted octanol–water partition coefficient (Wildman–Crippen LogP) is 3.79. The molecular formula is C21H24F2N2O2. The van der Waals surface area contributed by atoms with Crippen molar-refractivity contribution >= 4 is 5.91 Å². The zero-order valence-corrected chi connectivity index (χ0v) is 15.5. The van der Waals surface area contributed by atoms with Crippen LogP contribution < -0.4 is 10.1 Å². The molecule has 1 N–H and O–H groups in total. The maximum atomic E-state index is 13.3. The zero-order chi connectivity index (χ0) is 19.4. The van der Waals surface area contributed by atoms with Gasteiger partial charge in [-0.15, -0.1) is 0 Å². The fourth-order valence-corrected chi connectivity index (χ4v) is 3.81. The van der Waals surface area contributed by atoms with E-state index < -0.39 is 17.5 Å². The topological polar surface area (TPSA) is 41.6 Å². The summed E-state index contributed by atoms with van der Waals surface area (Å²) in [5, 5.41) is 2.84. The first kappa shape index (κ1) is 19.3. The van der Waals surface area contributed by atoms with Gasteiger partial charge in [-0.05, 0) is 62.2 Å². The summed E-state index contributed by atoms with van der Waals surface area (Å²) in [7, 11) is 3.71. The van der Waals surface area contributed by atoms with E-state index in [1.807, 2.05) is 24.3 Å². The molecule has 0 bridgehead atoms. The van der Waals surface area contributed by atoms with Gasteiger partial charge in [0.15, 0.2) is 0 Å². The maximum Gasteiger partial charge on any atom is 0.251 e. The Kier molecular flexibility index (Phi) is 6.06. The average molecular weight is 374 g/mol. The van der Waals surface area contributed by atoms with Crippen molar-refractivity contribution in [3.63, 3.8) is 0 Å². The molecule has 144 valence electrons. The van der Waals surface area contributed by atoms with Crippen LogP contribution in [0.4, 0.5) is 8.78 Å². The van der Waals surface area contributed by atoms with Gasteiger partial charge in [-0.3, -0.25) is 9.69 Å². The standard InChI is InChI=1S/C21H24F2N2O2/c1-25-9-3-4-15(20(25)14-5-7-19(27-2)8-6-14)13-24-21(26)16-10-17(22)12-18(23)11-16/h5-8,10-12,15,20H,3-4,9,13H2,1-2H3,(H,24,26). The van der Waals surface area contributed by atoms with Crippen LogP contribution in [0.3, 0.4) is 0 Å². The molecule has 1 fully saturated rings. The number of benzene rings is 2. The van der Waals surface area contributed by atoms with E-state index in [0.29, 0.717) is 6.54 Å². The van der Waals surface area contributed by atoms with Crippen molar-refractivity contribution in [3.05, 3.63) is 65.2 Å². The summed E-state index contributed by atoms with van der Waals surface area (Å²) in [5.41, 5.74) is 1.16. The molecule has 1 aliphatic rings. The molecule has 2 unspecified atom stereocenters. The Hall–Kier alpha value is -2.47. The number of rotatable bonds is 5. The molecule has 0 radical (unpaired) electrons.